The lowest BCUT2D eigenvalue weighted by Gasteiger charge is -2.16. The standard InChI is InChI=1S/C13H20N2O2S/c14-10-13-6-8-15(11-13)18(16,17)9-7-12-4-2-1-3-5-12/h1-5,13H,6-11,14H2. The quantitative estimate of drug-likeness (QED) is 0.860. The zero-order valence-corrected chi connectivity index (χ0v) is 11.3. The SMILES string of the molecule is NCC1CCN(S(=O)(=O)CCc2ccccc2)C1. The number of benzene rings is 1. The van der Waals surface area contributed by atoms with Gasteiger partial charge in [-0.3, -0.25) is 0 Å². The van der Waals surface area contributed by atoms with Gasteiger partial charge in [-0.2, -0.15) is 0 Å². The minimum absolute atomic E-state index is 0.189. The lowest BCUT2D eigenvalue weighted by molar-refractivity contribution is 0.459. The number of rotatable bonds is 5. The predicted octanol–water partition coefficient (Wildman–Crippen LogP) is 0.840. The van der Waals surface area contributed by atoms with Crippen LogP contribution < -0.4 is 5.73 Å². The third-order valence-electron chi connectivity index (χ3n) is 3.47. The van der Waals surface area contributed by atoms with E-state index in [-0.39, 0.29) is 5.75 Å². The fourth-order valence-electron chi connectivity index (χ4n) is 2.26. The van der Waals surface area contributed by atoms with Gasteiger partial charge in [0.05, 0.1) is 5.75 Å². The Bertz CT molecular complexity index is 473. The van der Waals surface area contributed by atoms with Gasteiger partial charge in [-0.1, -0.05) is 30.3 Å². The van der Waals surface area contributed by atoms with Crippen molar-refractivity contribution in [2.75, 3.05) is 25.4 Å². The van der Waals surface area contributed by atoms with Crippen molar-refractivity contribution in [1.29, 1.82) is 0 Å². The summed E-state index contributed by atoms with van der Waals surface area (Å²) in [5.41, 5.74) is 6.65. The van der Waals surface area contributed by atoms with Crippen LogP contribution >= 0.6 is 0 Å². The third kappa shape index (κ3) is 3.31. The molecule has 1 unspecified atom stereocenters. The summed E-state index contributed by atoms with van der Waals surface area (Å²) in [7, 11) is -3.12. The van der Waals surface area contributed by atoms with Gasteiger partial charge in [-0.15, -0.1) is 0 Å². The summed E-state index contributed by atoms with van der Waals surface area (Å²) in [6, 6.07) is 9.72. The van der Waals surface area contributed by atoms with Gasteiger partial charge in [-0.05, 0) is 30.9 Å². The van der Waals surface area contributed by atoms with Crippen molar-refractivity contribution in [2.45, 2.75) is 12.8 Å². The molecule has 1 heterocycles. The highest BCUT2D eigenvalue weighted by Crippen LogP contribution is 2.19. The van der Waals surface area contributed by atoms with Gasteiger partial charge < -0.3 is 5.73 Å². The van der Waals surface area contributed by atoms with Crippen LogP contribution in [0.3, 0.4) is 0 Å². The number of hydrogen-bond acceptors (Lipinski definition) is 3. The van der Waals surface area contributed by atoms with Gasteiger partial charge in [0.2, 0.25) is 10.0 Å². The van der Waals surface area contributed by atoms with Crippen LogP contribution in [-0.4, -0.2) is 38.1 Å². The molecule has 0 bridgehead atoms. The van der Waals surface area contributed by atoms with E-state index in [1.807, 2.05) is 30.3 Å². The van der Waals surface area contributed by atoms with Gasteiger partial charge >= 0.3 is 0 Å². The summed E-state index contributed by atoms with van der Waals surface area (Å²) in [5, 5.41) is 0. The summed E-state index contributed by atoms with van der Waals surface area (Å²) in [5.74, 6) is 0.519. The van der Waals surface area contributed by atoms with Gasteiger partial charge in [0, 0.05) is 13.1 Å². The summed E-state index contributed by atoms with van der Waals surface area (Å²) < 4.78 is 25.9. The normalized spacial score (nSPS) is 21.3. The predicted molar refractivity (Wildman–Crippen MR) is 72.7 cm³/mol. The van der Waals surface area contributed by atoms with Crippen molar-refractivity contribution in [3.63, 3.8) is 0 Å². The van der Waals surface area contributed by atoms with Crippen LogP contribution in [0.1, 0.15) is 12.0 Å². The molecular weight excluding hydrogens is 248 g/mol. The Hall–Kier alpha value is -0.910. The van der Waals surface area contributed by atoms with Crippen LogP contribution in [-0.2, 0) is 16.4 Å². The Morgan fingerprint density at radius 2 is 2.00 bits per heavy atom. The highest BCUT2D eigenvalue weighted by atomic mass is 32.2. The molecule has 0 aromatic heterocycles. The van der Waals surface area contributed by atoms with Crippen LogP contribution in [0.15, 0.2) is 30.3 Å². The Morgan fingerprint density at radius 1 is 1.28 bits per heavy atom. The van der Waals surface area contributed by atoms with E-state index >= 15 is 0 Å². The molecule has 1 aliphatic heterocycles. The molecule has 100 valence electrons. The number of nitrogens with zero attached hydrogens (tertiary/aromatic N) is 1. The summed E-state index contributed by atoms with van der Waals surface area (Å²) >= 11 is 0. The molecule has 0 amide bonds. The fourth-order valence-corrected chi connectivity index (χ4v) is 3.84. The minimum atomic E-state index is -3.12. The first-order valence-corrected chi connectivity index (χ1v) is 7.94. The smallest absolute Gasteiger partial charge is 0.214 e. The zero-order valence-electron chi connectivity index (χ0n) is 10.5. The first-order chi connectivity index (χ1) is 8.62. The Morgan fingerprint density at radius 3 is 2.61 bits per heavy atom. The lowest BCUT2D eigenvalue weighted by atomic mass is 10.1. The molecule has 1 saturated heterocycles. The van der Waals surface area contributed by atoms with Gasteiger partial charge in [0.15, 0.2) is 0 Å². The second kappa shape index (κ2) is 5.82. The molecule has 0 radical (unpaired) electrons. The van der Waals surface area contributed by atoms with Crippen molar-refractivity contribution in [3.8, 4) is 0 Å². The monoisotopic (exact) mass is 268 g/mol. The number of nitrogens with two attached hydrogens (primary N) is 1. The van der Waals surface area contributed by atoms with E-state index in [1.54, 1.807) is 4.31 Å². The van der Waals surface area contributed by atoms with E-state index in [1.165, 1.54) is 0 Å². The molecule has 18 heavy (non-hydrogen) atoms. The zero-order chi connectivity index (χ0) is 13.0. The Balaban J connectivity index is 1.92. The van der Waals surface area contributed by atoms with E-state index in [2.05, 4.69) is 0 Å². The first-order valence-electron chi connectivity index (χ1n) is 6.33. The molecular formula is C13H20N2O2S. The van der Waals surface area contributed by atoms with Crippen molar-refractivity contribution in [3.05, 3.63) is 35.9 Å². The van der Waals surface area contributed by atoms with Crippen molar-refractivity contribution >= 4 is 10.0 Å². The maximum Gasteiger partial charge on any atom is 0.214 e. The molecule has 4 nitrogen and oxygen atoms in total. The van der Waals surface area contributed by atoms with E-state index in [0.717, 1.165) is 12.0 Å². The first kappa shape index (κ1) is 13.5. The molecule has 2 N–H and O–H groups in total. The fraction of sp³-hybridized carbons (Fsp3) is 0.538. The van der Waals surface area contributed by atoms with Gasteiger partial charge in [0.1, 0.15) is 0 Å². The number of sulfonamides is 1. The molecule has 2 rings (SSSR count). The molecule has 1 fully saturated rings. The van der Waals surface area contributed by atoms with E-state index in [0.29, 0.717) is 32.0 Å². The average molecular weight is 268 g/mol. The topological polar surface area (TPSA) is 63.4 Å². The van der Waals surface area contributed by atoms with Gasteiger partial charge in [0.25, 0.3) is 0 Å². The highest BCUT2D eigenvalue weighted by molar-refractivity contribution is 7.89. The molecule has 5 heteroatoms. The lowest BCUT2D eigenvalue weighted by Crippen LogP contribution is -2.32. The van der Waals surface area contributed by atoms with Gasteiger partial charge in [-0.25, -0.2) is 12.7 Å². The van der Waals surface area contributed by atoms with Crippen LogP contribution in [0.2, 0.25) is 0 Å². The Labute approximate surface area is 109 Å². The summed E-state index contributed by atoms with van der Waals surface area (Å²) in [6.07, 6.45) is 1.47. The summed E-state index contributed by atoms with van der Waals surface area (Å²) in [4.78, 5) is 0. The second-order valence-electron chi connectivity index (χ2n) is 4.80. The second-order valence-corrected chi connectivity index (χ2v) is 6.89. The van der Waals surface area contributed by atoms with E-state index in [9.17, 15) is 8.42 Å². The molecule has 1 atom stereocenters. The average Bonchev–Trinajstić information content (AvgIpc) is 2.87. The largest absolute Gasteiger partial charge is 0.330 e. The third-order valence-corrected chi connectivity index (χ3v) is 5.31. The van der Waals surface area contributed by atoms with Crippen molar-refractivity contribution in [1.82, 2.24) is 4.31 Å². The molecule has 1 aromatic carbocycles. The molecule has 0 spiro atoms. The van der Waals surface area contributed by atoms with E-state index < -0.39 is 10.0 Å². The molecule has 1 aliphatic rings. The van der Waals surface area contributed by atoms with Crippen LogP contribution in [0.25, 0.3) is 0 Å². The molecule has 1 aromatic rings. The number of aryl methyl sites for hydroxylation is 1. The maximum atomic E-state index is 12.2. The maximum absolute atomic E-state index is 12.2. The van der Waals surface area contributed by atoms with Crippen molar-refractivity contribution < 1.29 is 8.42 Å². The van der Waals surface area contributed by atoms with Crippen molar-refractivity contribution in [2.24, 2.45) is 11.7 Å². The Kier molecular flexibility index (Phi) is 4.37. The number of hydrogen-bond donors (Lipinski definition) is 1. The summed E-state index contributed by atoms with van der Waals surface area (Å²) in [6.45, 7) is 1.79. The van der Waals surface area contributed by atoms with E-state index in [4.69, 9.17) is 5.73 Å². The van der Waals surface area contributed by atoms with Crippen LogP contribution in [0.4, 0.5) is 0 Å². The molecule has 0 aliphatic carbocycles. The van der Waals surface area contributed by atoms with Crippen LogP contribution in [0.5, 0.6) is 0 Å². The van der Waals surface area contributed by atoms with Crippen LogP contribution in [0, 0.1) is 5.92 Å². The molecule has 0 saturated carbocycles. The highest BCUT2D eigenvalue weighted by Gasteiger charge is 2.30. The minimum Gasteiger partial charge on any atom is -0.330 e.